The Labute approximate surface area is 136 Å². The molecule has 130 valence electrons. The fourth-order valence-corrected chi connectivity index (χ4v) is 2.30. The molecule has 0 rings (SSSR count). The monoisotopic (exact) mass is 313 g/mol. The van der Waals surface area contributed by atoms with Crippen LogP contribution in [0.1, 0.15) is 91.4 Å². The molecule has 4 heteroatoms. The van der Waals surface area contributed by atoms with Crippen LogP contribution >= 0.6 is 0 Å². The number of rotatable bonds is 13. The van der Waals surface area contributed by atoms with E-state index in [1.165, 1.54) is 38.5 Å². The smallest absolute Gasteiger partial charge is 0.330 e. The molecule has 0 bridgehead atoms. The van der Waals surface area contributed by atoms with Crippen molar-refractivity contribution in [3.8, 4) is 0 Å². The van der Waals surface area contributed by atoms with Gasteiger partial charge in [0.15, 0.2) is 0 Å². The van der Waals surface area contributed by atoms with Crippen molar-refractivity contribution in [2.45, 2.75) is 97.4 Å². The van der Waals surface area contributed by atoms with Crippen LogP contribution in [0.5, 0.6) is 0 Å². The van der Waals surface area contributed by atoms with E-state index >= 15 is 0 Å². The topological polar surface area (TPSA) is 69.4 Å². The maximum atomic E-state index is 11.6. The number of carbonyl (C=O) groups is 2. The van der Waals surface area contributed by atoms with Crippen LogP contribution in [0, 0.1) is 5.92 Å². The molecule has 2 atom stereocenters. The zero-order chi connectivity index (χ0) is 16.8. The van der Waals surface area contributed by atoms with E-state index in [0.717, 1.165) is 25.7 Å². The van der Waals surface area contributed by atoms with Crippen LogP contribution in [0.15, 0.2) is 0 Å². The van der Waals surface area contributed by atoms with E-state index in [2.05, 4.69) is 6.92 Å². The van der Waals surface area contributed by atoms with Crippen molar-refractivity contribution in [3.63, 3.8) is 0 Å². The van der Waals surface area contributed by atoms with Gasteiger partial charge in [-0.3, -0.25) is 4.79 Å². The summed E-state index contributed by atoms with van der Waals surface area (Å²) in [5, 5.41) is 0. The fraction of sp³-hybridized carbons (Fsp3) is 0.889. The molecule has 22 heavy (non-hydrogen) atoms. The van der Waals surface area contributed by atoms with Crippen molar-refractivity contribution < 1.29 is 14.3 Å². The molecule has 0 aromatic heterocycles. The number of hydrogen-bond acceptors (Lipinski definition) is 4. The quantitative estimate of drug-likeness (QED) is 0.312. The van der Waals surface area contributed by atoms with Gasteiger partial charge in [-0.05, 0) is 12.3 Å². The van der Waals surface area contributed by atoms with Crippen LogP contribution in [0.3, 0.4) is 0 Å². The Morgan fingerprint density at radius 1 is 0.909 bits per heavy atom. The van der Waals surface area contributed by atoms with Gasteiger partial charge in [-0.15, -0.1) is 0 Å². The summed E-state index contributed by atoms with van der Waals surface area (Å²) in [4.78, 5) is 23.2. The maximum Gasteiger partial charge on any atom is 0.330 e. The molecule has 0 amide bonds. The fourth-order valence-electron chi connectivity index (χ4n) is 2.30. The minimum absolute atomic E-state index is 0.0352. The molecule has 0 saturated heterocycles. The van der Waals surface area contributed by atoms with E-state index in [-0.39, 0.29) is 5.92 Å². The first-order chi connectivity index (χ1) is 10.5. The van der Waals surface area contributed by atoms with Gasteiger partial charge in [0.2, 0.25) is 0 Å². The first-order valence-corrected chi connectivity index (χ1v) is 9.03. The minimum atomic E-state index is -0.697. The van der Waals surface area contributed by atoms with E-state index in [1.807, 2.05) is 13.8 Å². The number of unbranched alkanes of at least 4 members (excludes halogenated alkanes) is 8. The van der Waals surface area contributed by atoms with Crippen LogP contribution in [0.4, 0.5) is 0 Å². The molecule has 0 saturated carbocycles. The molecule has 0 radical (unpaired) electrons. The van der Waals surface area contributed by atoms with Crippen molar-refractivity contribution in [3.05, 3.63) is 0 Å². The molecular weight excluding hydrogens is 278 g/mol. The van der Waals surface area contributed by atoms with Gasteiger partial charge < -0.3 is 10.5 Å². The largest absolute Gasteiger partial charge is 0.392 e. The average molecular weight is 313 g/mol. The van der Waals surface area contributed by atoms with Crippen molar-refractivity contribution in [2.75, 3.05) is 0 Å². The van der Waals surface area contributed by atoms with Crippen LogP contribution in [0.25, 0.3) is 0 Å². The summed E-state index contributed by atoms with van der Waals surface area (Å²) in [6.45, 7) is 6.07. The summed E-state index contributed by atoms with van der Waals surface area (Å²) in [5.41, 5.74) is 5.74. The highest BCUT2D eigenvalue weighted by Crippen LogP contribution is 2.11. The van der Waals surface area contributed by atoms with Crippen molar-refractivity contribution in [2.24, 2.45) is 11.7 Å². The number of ether oxygens (including phenoxy) is 1. The Bertz CT molecular complexity index is 305. The van der Waals surface area contributed by atoms with Crippen LogP contribution in [0.2, 0.25) is 0 Å². The van der Waals surface area contributed by atoms with Gasteiger partial charge in [0.1, 0.15) is 6.04 Å². The molecule has 2 N–H and O–H groups in total. The number of hydrogen-bond donors (Lipinski definition) is 1. The van der Waals surface area contributed by atoms with Gasteiger partial charge in [-0.2, -0.15) is 0 Å². The highest BCUT2D eigenvalue weighted by atomic mass is 16.6. The lowest BCUT2D eigenvalue weighted by molar-refractivity contribution is -0.161. The van der Waals surface area contributed by atoms with E-state index in [4.69, 9.17) is 10.5 Å². The van der Waals surface area contributed by atoms with Gasteiger partial charge in [0.05, 0.1) is 0 Å². The lowest BCUT2D eigenvalue weighted by atomic mass is 10.0. The van der Waals surface area contributed by atoms with Gasteiger partial charge >= 0.3 is 11.9 Å². The second-order valence-corrected chi connectivity index (χ2v) is 6.28. The molecule has 4 nitrogen and oxygen atoms in total. The summed E-state index contributed by atoms with van der Waals surface area (Å²) in [5.74, 6) is -0.991. The second kappa shape index (κ2) is 13.7. The predicted molar refractivity (Wildman–Crippen MR) is 90.4 cm³/mol. The molecule has 0 aromatic rings. The molecule has 0 aromatic carbocycles. The molecular formula is C18H35NO3. The molecule has 0 aliphatic carbocycles. The SMILES string of the molecule is CCCCCCCCCCCC(=O)OC(=O)[C@@H](N)[C@@H](C)CC. The van der Waals surface area contributed by atoms with Crippen molar-refractivity contribution >= 4 is 11.9 Å². The third-order valence-corrected chi connectivity index (χ3v) is 4.23. The first kappa shape index (κ1) is 21.1. The summed E-state index contributed by atoms with van der Waals surface area (Å²) >= 11 is 0. The van der Waals surface area contributed by atoms with Crippen molar-refractivity contribution in [1.29, 1.82) is 0 Å². The van der Waals surface area contributed by atoms with Gasteiger partial charge in [0, 0.05) is 6.42 Å². The Balaban J connectivity index is 3.56. The molecule has 0 heterocycles. The molecule has 0 unspecified atom stereocenters. The average Bonchev–Trinajstić information content (AvgIpc) is 2.51. The highest BCUT2D eigenvalue weighted by molar-refractivity contribution is 5.88. The summed E-state index contributed by atoms with van der Waals surface area (Å²) in [6, 6.07) is -0.697. The predicted octanol–water partition coefficient (Wildman–Crippen LogP) is 4.35. The Morgan fingerprint density at radius 3 is 1.91 bits per heavy atom. The molecule has 0 fully saturated rings. The normalized spacial score (nSPS) is 13.6. The third-order valence-electron chi connectivity index (χ3n) is 4.23. The molecule has 0 aliphatic heterocycles. The van der Waals surface area contributed by atoms with Crippen LogP contribution in [-0.2, 0) is 14.3 Å². The zero-order valence-electron chi connectivity index (χ0n) is 14.7. The van der Waals surface area contributed by atoms with Crippen LogP contribution in [-0.4, -0.2) is 18.0 Å². The maximum absolute atomic E-state index is 11.6. The second-order valence-electron chi connectivity index (χ2n) is 6.28. The summed E-state index contributed by atoms with van der Waals surface area (Å²) in [7, 11) is 0. The lowest BCUT2D eigenvalue weighted by Crippen LogP contribution is -2.39. The standard InChI is InChI=1S/C18H35NO3/c1-4-6-7-8-9-10-11-12-13-14-16(20)22-18(21)17(19)15(3)5-2/h15,17H,4-14,19H2,1-3H3/t15-,17-/m0/s1. The van der Waals surface area contributed by atoms with E-state index in [1.54, 1.807) is 0 Å². The van der Waals surface area contributed by atoms with Crippen molar-refractivity contribution in [1.82, 2.24) is 0 Å². The number of esters is 2. The first-order valence-electron chi connectivity index (χ1n) is 9.03. The lowest BCUT2D eigenvalue weighted by Gasteiger charge is -2.15. The van der Waals surface area contributed by atoms with Gasteiger partial charge in [-0.25, -0.2) is 4.79 Å². The number of carbonyl (C=O) groups excluding carboxylic acids is 2. The Hall–Kier alpha value is -0.900. The Morgan fingerprint density at radius 2 is 1.41 bits per heavy atom. The minimum Gasteiger partial charge on any atom is -0.392 e. The van der Waals surface area contributed by atoms with Gasteiger partial charge in [-0.1, -0.05) is 78.6 Å². The van der Waals surface area contributed by atoms with Gasteiger partial charge in [0.25, 0.3) is 0 Å². The van der Waals surface area contributed by atoms with E-state index in [9.17, 15) is 9.59 Å². The summed E-state index contributed by atoms with van der Waals surface area (Å²) in [6.07, 6.45) is 11.9. The Kier molecular flexibility index (Phi) is 13.2. The summed E-state index contributed by atoms with van der Waals surface area (Å²) < 4.78 is 4.80. The molecule has 0 spiro atoms. The highest BCUT2D eigenvalue weighted by Gasteiger charge is 2.23. The van der Waals surface area contributed by atoms with Crippen LogP contribution < -0.4 is 5.73 Å². The zero-order valence-corrected chi connectivity index (χ0v) is 14.7. The third kappa shape index (κ3) is 10.8. The number of nitrogens with two attached hydrogens (primary N) is 1. The molecule has 0 aliphatic rings. The van der Waals surface area contributed by atoms with E-state index < -0.39 is 18.0 Å². The van der Waals surface area contributed by atoms with E-state index in [0.29, 0.717) is 6.42 Å².